The summed E-state index contributed by atoms with van der Waals surface area (Å²) in [6.07, 6.45) is 0.715. The van der Waals surface area contributed by atoms with Gasteiger partial charge in [0.05, 0.1) is 12.2 Å². The topological polar surface area (TPSA) is 65.0 Å². The summed E-state index contributed by atoms with van der Waals surface area (Å²) in [6, 6.07) is 20.0. The van der Waals surface area contributed by atoms with Crippen molar-refractivity contribution < 1.29 is 9.53 Å². The van der Waals surface area contributed by atoms with Crippen molar-refractivity contribution in [3.05, 3.63) is 71.9 Å². The number of benzene rings is 2. The highest BCUT2D eigenvalue weighted by Gasteiger charge is 2.28. The van der Waals surface area contributed by atoms with Gasteiger partial charge in [0.2, 0.25) is 5.95 Å². The summed E-state index contributed by atoms with van der Waals surface area (Å²) in [4.78, 5) is 31.3. The van der Waals surface area contributed by atoms with Gasteiger partial charge in [-0.3, -0.25) is 4.79 Å². The zero-order valence-electron chi connectivity index (χ0n) is 20.4. The van der Waals surface area contributed by atoms with Crippen molar-refractivity contribution in [2.24, 2.45) is 0 Å². The first-order valence-corrected chi connectivity index (χ1v) is 12.2. The second kappa shape index (κ2) is 10.2. The summed E-state index contributed by atoms with van der Waals surface area (Å²) in [6.45, 7) is 4.79. The van der Waals surface area contributed by atoms with Gasteiger partial charge in [0.1, 0.15) is 11.6 Å². The van der Waals surface area contributed by atoms with Crippen LogP contribution in [0.3, 0.4) is 0 Å². The molecule has 2 aromatic carbocycles. The van der Waals surface area contributed by atoms with E-state index in [9.17, 15) is 4.79 Å². The van der Waals surface area contributed by atoms with Crippen molar-refractivity contribution in [2.45, 2.75) is 13.0 Å². The Morgan fingerprint density at radius 1 is 0.886 bits per heavy atom. The molecular weight excluding hydrogens is 440 g/mol. The Labute approximate surface area is 206 Å². The number of hydrogen-bond acceptors (Lipinski definition) is 7. The number of carbonyl (C=O) groups is 1. The molecule has 1 fully saturated rings. The van der Waals surface area contributed by atoms with Gasteiger partial charge in [0, 0.05) is 64.5 Å². The van der Waals surface area contributed by atoms with Crippen LogP contribution in [-0.2, 0) is 17.8 Å². The highest BCUT2D eigenvalue weighted by atomic mass is 16.5. The molecule has 0 atom stereocenters. The molecular formula is C27H32N6O2. The molecule has 0 spiro atoms. The number of anilines is 3. The molecule has 3 aromatic rings. The molecule has 2 aliphatic rings. The Balaban J connectivity index is 1.27. The molecule has 8 heteroatoms. The Kier molecular flexibility index (Phi) is 6.70. The van der Waals surface area contributed by atoms with E-state index < -0.39 is 0 Å². The van der Waals surface area contributed by atoms with Gasteiger partial charge in [-0.25, -0.2) is 4.98 Å². The van der Waals surface area contributed by atoms with Crippen LogP contribution in [0, 0.1) is 0 Å². The lowest BCUT2D eigenvalue weighted by molar-refractivity contribution is -0.134. The lowest BCUT2D eigenvalue weighted by atomic mass is 10.1. The Morgan fingerprint density at radius 3 is 2.23 bits per heavy atom. The summed E-state index contributed by atoms with van der Waals surface area (Å²) >= 11 is 0. The molecule has 0 N–H and O–H groups in total. The molecule has 0 unspecified atom stereocenters. The molecule has 182 valence electrons. The molecule has 8 nitrogen and oxygen atoms in total. The van der Waals surface area contributed by atoms with Gasteiger partial charge < -0.3 is 24.3 Å². The van der Waals surface area contributed by atoms with Crippen LogP contribution in [0.4, 0.5) is 17.5 Å². The largest absolute Gasteiger partial charge is 0.484 e. The second-order valence-corrected chi connectivity index (χ2v) is 9.14. The molecule has 3 heterocycles. The van der Waals surface area contributed by atoms with E-state index in [0.717, 1.165) is 49.2 Å². The molecule has 1 amide bonds. The molecule has 0 aliphatic carbocycles. The highest BCUT2D eigenvalue weighted by Crippen LogP contribution is 2.29. The number of para-hydroxylation sites is 2. The number of rotatable bonds is 6. The summed E-state index contributed by atoms with van der Waals surface area (Å²) in [5, 5.41) is 0. The molecule has 35 heavy (non-hydrogen) atoms. The monoisotopic (exact) mass is 472 g/mol. The van der Waals surface area contributed by atoms with Crippen molar-refractivity contribution in [2.75, 3.05) is 68.1 Å². The maximum absolute atomic E-state index is 12.9. The fraction of sp³-hybridized carbons (Fsp3) is 0.370. The normalized spacial score (nSPS) is 15.5. The van der Waals surface area contributed by atoms with Crippen LogP contribution in [0.15, 0.2) is 60.7 Å². The van der Waals surface area contributed by atoms with Crippen LogP contribution < -0.4 is 19.4 Å². The van der Waals surface area contributed by atoms with E-state index in [4.69, 9.17) is 14.7 Å². The fourth-order valence-electron chi connectivity index (χ4n) is 4.66. The number of amides is 1. The first-order valence-electron chi connectivity index (χ1n) is 12.2. The number of piperazine rings is 1. The molecule has 0 saturated carbocycles. The van der Waals surface area contributed by atoms with Crippen LogP contribution >= 0.6 is 0 Å². The van der Waals surface area contributed by atoms with E-state index in [-0.39, 0.29) is 12.5 Å². The smallest absolute Gasteiger partial charge is 0.260 e. The van der Waals surface area contributed by atoms with Gasteiger partial charge in [-0.1, -0.05) is 36.4 Å². The van der Waals surface area contributed by atoms with Gasteiger partial charge in [-0.15, -0.1) is 0 Å². The average Bonchev–Trinajstić information content (AvgIpc) is 2.92. The summed E-state index contributed by atoms with van der Waals surface area (Å²) in [7, 11) is 4.00. The SMILES string of the molecule is CN(C)c1nc(N2CCN(c3ccccc3)CC2)nc2c1CN(C(=O)COc1ccccc1)CC2. The van der Waals surface area contributed by atoms with Gasteiger partial charge in [-0.05, 0) is 24.3 Å². The van der Waals surface area contributed by atoms with Crippen LogP contribution in [0.25, 0.3) is 0 Å². The predicted molar refractivity (Wildman–Crippen MR) is 138 cm³/mol. The minimum Gasteiger partial charge on any atom is -0.484 e. The highest BCUT2D eigenvalue weighted by molar-refractivity contribution is 5.78. The Morgan fingerprint density at radius 2 is 1.54 bits per heavy atom. The summed E-state index contributed by atoms with van der Waals surface area (Å²) in [5.41, 5.74) is 3.33. The van der Waals surface area contributed by atoms with E-state index in [1.165, 1.54) is 5.69 Å². The van der Waals surface area contributed by atoms with Crippen molar-refractivity contribution >= 4 is 23.4 Å². The summed E-state index contributed by atoms with van der Waals surface area (Å²) < 4.78 is 5.68. The van der Waals surface area contributed by atoms with E-state index >= 15 is 0 Å². The van der Waals surface area contributed by atoms with Gasteiger partial charge in [-0.2, -0.15) is 4.98 Å². The maximum atomic E-state index is 12.9. The third-order valence-corrected chi connectivity index (χ3v) is 6.59. The second-order valence-electron chi connectivity index (χ2n) is 9.14. The molecule has 1 saturated heterocycles. The number of carbonyl (C=O) groups excluding carboxylic acids is 1. The first kappa shape index (κ1) is 23.0. The Hall–Kier alpha value is -3.81. The zero-order valence-corrected chi connectivity index (χ0v) is 20.4. The Bertz CT molecular complexity index is 1150. The van der Waals surface area contributed by atoms with Crippen molar-refractivity contribution in [1.82, 2.24) is 14.9 Å². The van der Waals surface area contributed by atoms with Crippen molar-refractivity contribution in [3.8, 4) is 5.75 Å². The van der Waals surface area contributed by atoms with Crippen LogP contribution in [-0.4, -0.2) is 74.2 Å². The average molecular weight is 473 g/mol. The van der Waals surface area contributed by atoms with Crippen LogP contribution in [0.2, 0.25) is 0 Å². The zero-order chi connectivity index (χ0) is 24.2. The van der Waals surface area contributed by atoms with E-state index in [0.29, 0.717) is 25.3 Å². The fourth-order valence-corrected chi connectivity index (χ4v) is 4.66. The molecule has 0 radical (unpaired) electrons. The lowest BCUT2D eigenvalue weighted by Gasteiger charge is -2.37. The van der Waals surface area contributed by atoms with E-state index in [1.54, 1.807) is 0 Å². The molecule has 1 aromatic heterocycles. The number of aromatic nitrogens is 2. The van der Waals surface area contributed by atoms with E-state index in [2.05, 4.69) is 40.1 Å². The first-order chi connectivity index (χ1) is 17.1. The predicted octanol–water partition coefficient (Wildman–Crippen LogP) is 2.83. The lowest BCUT2D eigenvalue weighted by Crippen LogP contribution is -2.47. The summed E-state index contributed by atoms with van der Waals surface area (Å²) in [5.74, 6) is 2.35. The molecule has 2 aliphatic heterocycles. The third-order valence-electron chi connectivity index (χ3n) is 6.59. The van der Waals surface area contributed by atoms with Crippen LogP contribution in [0.1, 0.15) is 11.3 Å². The minimum absolute atomic E-state index is 0.0229. The maximum Gasteiger partial charge on any atom is 0.260 e. The van der Waals surface area contributed by atoms with Crippen LogP contribution in [0.5, 0.6) is 5.75 Å². The molecule has 0 bridgehead atoms. The van der Waals surface area contributed by atoms with Gasteiger partial charge in [0.15, 0.2) is 6.61 Å². The van der Waals surface area contributed by atoms with E-state index in [1.807, 2.05) is 54.2 Å². The number of nitrogens with zero attached hydrogens (tertiary/aromatic N) is 6. The standard InChI is InChI=1S/C27H32N6O2/c1-30(2)26-23-19-33(25(34)20-35-22-11-7-4-8-12-22)14-13-24(23)28-27(29-26)32-17-15-31(16-18-32)21-9-5-3-6-10-21/h3-12H,13-20H2,1-2H3. The minimum atomic E-state index is -0.0229. The van der Waals surface area contributed by atoms with Gasteiger partial charge >= 0.3 is 0 Å². The van der Waals surface area contributed by atoms with Crippen molar-refractivity contribution in [1.29, 1.82) is 0 Å². The molecule has 5 rings (SSSR count). The van der Waals surface area contributed by atoms with Gasteiger partial charge in [0.25, 0.3) is 5.91 Å². The quantitative estimate of drug-likeness (QED) is 0.547. The number of hydrogen-bond donors (Lipinski definition) is 0. The number of fused-ring (bicyclic) bond motifs is 1. The number of ether oxygens (including phenoxy) is 1. The van der Waals surface area contributed by atoms with Crippen molar-refractivity contribution in [3.63, 3.8) is 0 Å². The third kappa shape index (κ3) is 5.16.